The van der Waals surface area contributed by atoms with Crippen LogP contribution in [0.3, 0.4) is 0 Å². The van der Waals surface area contributed by atoms with Gasteiger partial charge in [-0.1, -0.05) is 91.0 Å². The average molecular weight is 603 g/mol. The number of carboxylic acid groups (broad SMARTS) is 2. The Morgan fingerprint density at radius 2 is 1.19 bits per heavy atom. The number of likely N-dealkylation sites (N-methyl/N-ethyl adjacent to an activating group) is 2. The summed E-state index contributed by atoms with van der Waals surface area (Å²) in [5.41, 5.74) is 2.74. The Balaban J connectivity index is 0.000000830. The van der Waals surface area contributed by atoms with Gasteiger partial charge in [-0.05, 0) is 30.2 Å². The highest BCUT2D eigenvalue weighted by molar-refractivity contribution is 5.69. The smallest absolute Gasteiger partial charge is 0.0942 e. The van der Waals surface area contributed by atoms with E-state index in [0.717, 1.165) is 56.0 Å². The van der Waals surface area contributed by atoms with Gasteiger partial charge >= 0.3 is 0 Å². The number of allylic oxidation sites excluding steroid dienone is 2. The molecule has 43 heavy (non-hydrogen) atoms. The van der Waals surface area contributed by atoms with Crippen LogP contribution in [-0.4, -0.2) is 66.3 Å². The van der Waals surface area contributed by atoms with E-state index in [1.54, 1.807) is 0 Å². The Kier molecular flexibility index (Phi) is 20.3. The first-order valence-corrected chi connectivity index (χ1v) is 16.0. The molecule has 0 aromatic heterocycles. The van der Waals surface area contributed by atoms with Gasteiger partial charge in [0.25, 0.3) is 0 Å². The molecule has 0 amide bonds. The molecule has 0 saturated carbocycles. The van der Waals surface area contributed by atoms with Crippen molar-refractivity contribution in [1.82, 2.24) is 10.6 Å². The molecule has 0 spiro atoms. The van der Waals surface area contributed by atoms with Crippen LogP contribution in [0.1, 0.15) is 71.8 Å². The largest absolute Gasteiger partial charge is 0.550 e. The maximum Gasteiger partial charge on any atom is 0.0942 e. The summed E-state index contributed by atoms with van der Waals surface area (Å²) in [6.45, 7) is 21.7. The van der Waals surface area contributed by atoms with Crippen molar-refractivity contribution in [3.05, 3.63) is 60.4 Å². The second-order valence-electron chi connectivity index (χ2n) is 12.9. The standard InChI is InChI=1S/C19H30N2O2.C16H32N2O2/c1-14(17-9-7-6-8-10-17)13-18(19(22)23)15(2)16(3)20-11-12-21(4)5;1-7-8-12(2)11-15(16(19)20)13(3)14(4)17-9-10-18(5)6/h6-10,14-15,18,20H,3,11-13H2,1-2,4-5H3,(H,22,23);12-13,15,17H,4,7-11H2,1-3,5-6H3,(H,19,20). The summed E-state index contributed by atoms with van der Waals surface area (Å²) in [6, 6.07) is 10.00. The minimum atomic E-state index is -0.999. The van der Waals surface area contributed by atoms with Crippen LogP contribution in [0, 0.1) is 29.6 Å². The van der Waals surface area contributed by atoms with Crippen molar-refractivity contribution in [2.75, 3.05) is 54.4 Å². The topological polar surface area (TPSA) is 113 Å². The zero-order valence-electron chi connectivity index (χ0n) is 28.6. The second-order valence-corrected chi connectivity index (χ2v) is 12.9. The van der Waals surface area contributed by atoms with E-state index in [1.165, 1.54) is 9.80 Å². The predicted octanol–water partition coefficient (Wildman–Crippen LogP) is 0.493. The molecular formula is C35H62N4O4. The van der Waals surface area contributed by atoms with Crippen LogP contribution in [0.5, 0.6) is 0 Å². The molecule has 0 saturated heterocycles. The zero-order valence-corrected chi connectivity index (χ0v) is 28.6. The Labute approximate surface area is 262 Å². The van der Waals surface area contributed by atoms with Gasteiger partial charge in [-0.25, -0.2) is 0 Å². The van der Waals surface area contributed by atoms with E-state index in [9.17, 15) is 19.8 Å². The van der Waals surface area contributed by atoms with E-state index in [4.69, 9.17) is 0 Å². The highest BCUT2D eigenvalue weighted by atomic mass is 16.4. The number of benzene rings is 1. The second kappa shape index (κ2) is 21.8. The zero-order chi connectivity index (χ0) is 33.1. The lowest BCUT2D eigenvalue weighted by Crippen LogP contribution is -3.06. The van der Waals surface area contributed by atoms with Gasteiger partial charge in [-0.15, -0.1) is 0 Å². The Morgan fingerprint density at radius 1 is 0.767 bits per heavy atom. The molecule has 0 aliphatic rings. The Hall–Kier alpha value is -2.84. The molecule has 1 rings (SSSR count). The molecule has 0 aliphatic heterocycles. The van der Waals surface area contributed by atoms with Crippen molar-refractivity contribution >= 4 is 11.9 Å². The number of quaternary nitrogens is 2. The van der Waals surface area contributed by atoms with Crippen molar-refractivity contribution < 1.29 is 29.6 Å². The first-order valence-electron chi connectivity index (χ1n) is 16.0. The molecule has 0 heterocycles. The molecule has 8 heteroatoms. The quantitative estimate of drug-likeness (QED) is 0.163. The van der Waals surface area contributed by atoms with Gasteiger partial charge in [0.15, 0.2) is 0 Å². The first kappa shape index (κ1) is 40.2. The van der Waals surface area contributed by atoms with Gasteiger partial charge in [0.2, 0.25) is 0 Å². The normalized spacial score (nSPS) is 15.3. The lowest BCUT2D eigenvalue weighted by atomic mass is 9.82. The van der Waals surface area contributed by atoms with Gasteiger partial charge in [0, 0.05) is 47.0 Å². The number of hydrogen-bond acceptors (Lipinski definition) is 6. The van der Waals surface area contributed by atoms with Crippen molar-refractivity contribution in [2.45, 2.75) is 66.2 Å². The molecule has 1 aromatic rings. The maximum atomic E-state index is 11.6. The van der Waals surface area contributed by atoms with Crippen molar-refractivity contribution in [3.8, 4) is 0 Å². The molecule has 4 N–H and O–H groups in total. The third kappa shape index (κ3) is 17.1. The Bertz CT molecular complexity index is 950. The van der Waals surface area contributed by atoms with E-state index in [1.807, 2.05) is 44.2 Å². The molecule has 1 aromatic carbocycles. The number of carboxylic acids is 2. The van der Waals surface area contributed by atoms with E-state index >= 15 is 0 Å². The van der Waals surface area contributed by atoms with Crippen molar-refractivity contribution in [1.29, 1.82) is 0 Å². The minimum Gasteiger partial charge on any atom is -0.550 e. The van der Waals surface area contributed by atoms with E-state index < -0.39 is 23.8 Å². The summed E-state index contributed by atoms with van der Waals surface area (Å²) >= 11 is 0. The lowest BCUT2D eigenvalue weighted by Gasteiger charge is -2.29. The van der Waals surface area contributed by atoms with Crippen LogP contribution in [0.2, 0.25) is 0 Å². The van der Waals surface area contributed by atoms with Gasteiger partial charge in [0.1, 0.15) is 0 Å². The molecule has 6 atom stereocenters. The number of carbonyl (C=O) groups is 2. The highest BCUT2D eigenvalue weighted by Gasteiger charge is 2.25. The van der Waals surface area contributed by atoms with Crippen LogP contribution in [0.25, 0.3) is 0 Å². The molecule has 246 valence electrons. The van der Waals surface area contributed by atoms with Gasteiger partial charge in [-0.2, -0.15) is 0 Å². The van der Waals surface area contributed by atoms with Crippen LogP contribution >= 0.6 is 0 Å². The lowest BCUT2D eigenvalue weighted by molar-refractivity contribution is -0.856. The summed E-state index contributed by atoms with van der Waals surface area (Å²) in [4.78, 5) is 25.7. The molecular weight excluding hydrogens is 540 g/mol. The number of nitrogens with one attached hydrogen (secondary N) is 4. The monoisotopic (exact) mass is 602 g/mol. The Morgan fingerprint density at radius 3 is 1.56 bits per heavy atom. The number of rotatable bonds is 21. The fraction of sp³-hybridized carbons (Fsp3) is 0.657. The average Bonchev–Trinajstić information content (AvgIpc) is 2.93. The SMILES string of the molecule is C=C(NCC[NH+](C)C)C(C)C(CC(C)CCC)C(=O)[O-].C=C(NCC[NH+](C)C)C(C)C(CC(C)c1ccccc1)C(=O)[O-]. The number of carbonyl (C=O) groups excluding carboxylic acids is 2. The third-order valence-electron chi connectivity index (χ3n) is 8.28. The summed E-state index contributed by atoms with van der Waals surface area (Å²) in [7, 11) is 8.34. The molecule has 0 aliphatic carbocycles. The van der Waals surface area contributed by atoms with Crippen LogP contribution < -0.4 is 30.6 Å². The van der Waals surface area contributed by atoms with Crippen LogP contribution in [0.4, 0.5) is 0 Å². The first-order chi connectivity index (χ1) is 20.1. The third-order valence-corrected chi connectivity index (χ3v) is 8.28. The van der Waals surface area contributed by atoms with Crippen LogP contribution in [-0.2, 0) is 9.59 Å². The number of aliphatic carboxylic acids is 2. The fourth-order valence-corrected chi connectivity index (χ4v) is 5.11. The van der Waals surface area contributed by atoms with Crippen LogP contribution in [0.15, 0.2) is 54.9 Å². The van der Waals surface area contributed by atoms with Gasteiger partial charge in [0.05, 0.1) is 54.4 Å². The summed E-state index contributed by atoms with van der Waals surface area (Å²) < 4.78 is 0. The fourth-order valence-electron chi connectivity index (χ4n) is 5.11. The predicted molar refractivity (Wildman–Crippen MR) is 173 cm³/mol. The molecule has 8 nitrogen and oxygen atoms in total. The maximum absolute atomic E-state index is 11.6. The summed E-state index contributed by atoms with van der Waals surface area (Å²) in [6.07, 6.45) is 3.35. The van der Waals surface area contributed by atoms with E-state index in [0.29, 0.717) is 18.8 Å². The van der Waals surface area contributed by atoms with Crippen molar-refractivity contribution in [2.24, 2.45) is 29.6 Å². The van der Waals surface area contributed by atoms with E-state index in [-0.39, 0.29) is 17.8 Å². The summed E-state index contributed by atoms with van der Waals surface area (Å²) in [5.74, 6) is -2.65. The van der Waals surface area contributed by atoms with Gasteiger partial charge in [-0.3, -0.25) is 0 Å². The number of hydrogen-bond donors (Lipinski definition) is 4. The molecule has 0 fully saturated rings. The molecule has 0 bridgehead atoms. The summed E-state index contributed by atoms with van der Waals surface area (Å²) in [5, 5.41) is 29.5. The van der Waals surface area contributed by atoms with Gasteiger partial charge < -0.3 is 40.2 Å². The van der Waals surface area contributed by atoms with Crippen molar-refractivity contribution in [3.63, 3.8) is 0 Å². The molecule has 6 unspecified atom stereocenters. The molecule has 0 radical (unpaired) electrons. The minimum absolute atomic E-state index is 0.100. The highest BCUT2D eigenvalue weighted by Crippen LogP contribution is 2.29. The van der Waals surface area contributed by atoms with E-state index in [2.05, 4.69) is 72.8 Å².